The van der Waals surface area contributed by atoms with Crippen LogP contribution < -0.4 is 17.0 Å². The molecule has 0 aliphatic rings. The SMILES string of the molecule is CCc1cc2cccc(-c3cnoc3)c2c(=O)n1-c1ccccc1.N#Cc1cnc(N)nc1N. The number of rotatable bonds is 3. The number of fused-ring (bicyclic) bond motifs is 1. The van der Waals surface area contributed by atoms with E-state index in [2.05, 4.69) is 28.1 Å². The Morgan fingerprint density at radius 3 is 2.53 bits per heavy atom. The van der Waals surface area contributed by atoms with E-state index in [1.165, 1.54) is 6.20 Å². The van der Waals surface area contributed by atoms with Crippen LogP contribution in [0.25, 0.3) is 27.6 Å². The number of aryl methyl sites for hydroxylation is 1. The summed E-state index contributed by atoms with van der Waals surface area (Å²) < 4.78 is 6.75. The number of nitriles is 1. The van der Waals surface area contributed by atoms with Crippen molar-refractivity contribution in [2.45, 2.75) is 13.3 Å². The Balaban J connectivity index is 0.000000231. The van der Waals surface area contributed by atoms with Crippen LogP contribution >= 0.6 is 0 Å². The fourth-order valence-corrected chi connectivity index (χ4v) is 3.61. The number of anilines is 2. The van der Waals surface area contributed by atoms with Crippen molar-refractivity contribution in [3.63, 3.8) is 0 Å². The molecule has 0 spiro atoms. The summed E-state index contributed by atoms with van der Waals surface area (Å²) in [7, 11) is 0. The van der Waals surface area contributed by atoms with Crippen molar-refractivity contribution < 1.29 is 4.52 Å². The molecule has 168 valence electrons. The molecule has 9 nitrogen and oxygen atoms in total. The number of para-hydroxylation sites is 1. The standard InChI is InChI=1S/C20H16N2O2.C5H5N5/c1-2-16-11-14-7-6-10-18(15-12-21-24-13-15)19(14)20(23)22(16)17-8-4-3-5-9-17;6-1-3-2-9-5(8)10-4(3)7/h3-13H,2H2,1H3;2H,(H4,7,8,9,10). The lowest BCUT2D eigenvalue weighted by atomic mass is 10.0. The minimum Gasteiger partial charge on any atom is -0.382 e. The largest absolute Gasteiger partial charge is 0.382 e. The van der Waals surface area contributed by atoms with Crippen molar-refractivity contribution >= 4 is 22.5 Å². The lowest BCUT2D eigenvalue weighted by molar-refractivity contribution is 0.420. The minimum absolute atomic E-state index is 0.0210. The summed E-state index contributed by atoms with van der Waals surface area (Å²) in [5, 5.41) is 13.7. The van der Waals surface area contributed by atoms with Gasteiger partial charge in [-0.2, -0.15) is 10.2 Å². The second kappa shape index (κ2) is 9.67. The molecule has 5 rings (SSSR count). The first-order valence-electron chi connectivity index (χ1n) is 10.4. The van der Waals surface area contributed by atoms with Crippen molar-refractivity contribution in [2.75, 3.05) is 11.5 Å². The normalized spacial score (nSPS) is 10.4. The molecule has 0 fully saturated rings. The third-order valence-corrected chi connectivity index (χ3v) is 5.20. The Hall–Kier alpha value is -4.97. The van der Waals surface area contributed by atoms with E-state index in [0.29, 0.717) is 5.39 Å². The summed E-state index contributed by atoms with van der Waals surface area (Å²) in [5.74, 6) is 0.200. The summed E-state index contributed by atoms with van der Waals surface area (Å²) in [6.07, 6.45) is 5.26. The quantitative estimate of drug-likeness (QED) is 0.421. The predicted octanol–water partition coefficient (Wildman–Crippen LogP) is 3.72. The summed E-state index contributed by atoms with van der Waals surface area (Å²) in [4.78, 5) is 20.5. The Morgan fingerprint density at radius 2 is 1.88 bits per heavy atom. The second-order valence-electron chi connectivity index (χ2n) is 7.29. The maximum atomic E-state index is 13.3. The number of benzene rings is 2. The van der Waals surface area contributed by atoms with Gasteiger partial charge in [-0.25, -0.2) is 4.98 Å². The third-order valence-electron chi connectivity index (χ3n) is 5.20. The van der Waals surface area contributed by atoms with Crippen LogP contribution in [0.15, 0.2) is 82.6 Å². The van der Waals surface area contributed by atoms with Gasteiger partial charge < -0.3 is 16.0 Å². The summed E-state index contributed by atoms with van der Waals surface area (Å²) >= 11 is 0. The molecule has 0 atom stereocenters. The molecule has 0 saturated heterocycles. The number of aromatic nitrogens is 4. The highest BCUT2D eigenvalue weighted by atomic mass is 16.5. The highest BCUT2D eigenvalue weighted by Crippen LogP contribution is 2.27. The molecule has 4 N–H and O–H groups in total. The minimum atomic E-state index is -0.0210. The van der Waals surface area contributed by atoms with E-state index in [-0.39, 0.29) is 22.9 Å². The summed E-state index contributed by atoms with van der Waals surface area (Å²) in [6.45, 7) is 2.06. The van der Waals surface area contributed by atoms with E-state index in [9.17, 15) is 4.79 Å². The van der Waals surface area contributed by atoms with Crippen LogP contribution in [0.1, 0.15) is 18.2 Å². The first kappa shape index (κ1) is 22.2. The molecule has 3 heterocycles. The van der Waals surface area contributed by atoms with Crippen LogP contribution in [-0.2, 0) is 6.42 Å². The average Bonchev–Trinajstić information content (AvgIpc) is 3.39. The summed E-state index contributed by atoms with van der Waals surface area (Å²) in [6, 6.07) is 19.5. The van der Waals surface area contributed by atoms with Crippen molar-refractivity contribution in [3.8, 4) is 22.9 Å². The van der Waals surface area contributed by atoms with Gasteiger partial charge in [0.25, 0.3) is 5.56 Å². The van der Waals surface area contributed by atoms with Crippen molar-refractivity contribution in [3.05, 3.63) is 94.9 Å². The lowest BCUT2D eigenvalue weighted by Crippen LogP contribution is -2.22. The van der Waals surface area contributed by atoms with E-state index in [4.69, 9.17) is 21.3 Å². The van der Waals surface area contributed by atoms with Crippen LogP contribution in [0.5, 0.6) is 0 Å². The molecular formula is C25H21N7O2. The van der Waals surface area contributed by atoms with E-state index < -0.39 is 0 Å². The van der Waals surface area contributed by atoms with Gasteiger partial charge in [-0.15, -0.1) is 0 Å². The van der Waals surface area contributed by atoms with Gasteiger partial charge in [0.1, 0.15) is 23.7 Å². The molecule has 9 heteroatoms. The van der Waals surface area contributed by atoms with Gasteiger partial charge in [0.15, 0.2) is 0 Å². The second-order valence-corrected chi connectivity index (χ2v) is 7.29. The number of pyridine rings is 1. The highest BCUT2D eigenvalue weighted by molar-refractivity contribution is 5.96. The topological polar surface area (TPSA) is 150 Å². The predicted molar refractivity (Wildman–Crippen MR) is 130 cm³/mol. The van der Waals surface area contributed by atoms with Gasteiger partial charge in [0, 0.05) is 16.9 Å². The van der Waals surface area contributed by atoms with Crippen LogP contribution in [0, 0.1) is 11.3 Å². The molecule has 2 aromatic carbocycles. The number of nitrogens with zero attached hydrogens (tertiary/aromatic N) is 5. The zero-order valence-corrected chi connectivity index (χ0v) is 18.3. The third kappa shape index (κ3) is 4.33. The fourth-order valence-electron chi connectivity index (χ4n) is 3.61. The Bertz CT molecular complexity index is 1540. The van der Waals surface area contributed by atoms with Gasteiger partial charge >= 0.3 is 0 Å². The molecular weight excluding hydrogens is 430 g/mol. The molecule has 0 saturated carbocycles. The molecule has 0 aliphatic carbocycles. The smallest absolute Gasteiger partial charge is 0.263 e. The monoisotopic (exact) mass is 451 g/mol. The molecule has 0 unspecified atom stereocenters. The molecule has 3 aromatic heterocycles. The molecule has 0 radical (unpaired) electrons. The van der Waals surface area contributed by atoms with Gasteiger partial charge in [-0.1, -0.05) is 48.5 Å². The molecule has 5 aromatic rings. The highest BCUT2D eigenvalue weighted by Gasteiger charge is 2.14. The molecule has 0 aliphatic heterocycles. The average molecular weight is 451 g/mol. The van der Waals surface area contributed by atoms with Crippen molar-refractivity contribution in [1.82, 2.24) is 19.7 Å². The fraction of sp³-hybridized carbons (Fsp3) is 0.0800. The van der Waals surface area contributed by atoms with E-state index in [0.717, 1.165) is 34.3 Å². The molecule has 34 heavy (non-hydrogen) atoms. The van der Waals surface area contributed by atoms with Crippen LogP contribution in [0.4, 0.5) is 11.8 Å². The zero-order chi connectivity index (χ0) is 24.1. The molecule has 0 amide bonds. The van der Waals surface area contributed by atoms with Gasteiger partial charge in [-0.05, 0) is 35.6 Å². The Kier molecular flexibility index (Phi) is 6.32. The first-order chi connectivity index (χ1) is 16.5. The van der Waals surface area contributed by atoms with Crippen LogP contribution in [0.2, 0.25) is 0 Å². The number of hydrogen-bond donors (Lipinski definition) is 2. The van der Waals surface area contributed by atoms with Gasteiger partial charge in [0.2, 0.25) is 5.95 Å². The number of nitrogens with two attached hydrogens (primary N) is 2. The van der Waals surface area contributed by atoms with E-state index in [1.807, 2.05) is 54.6 Å². The Labute approximate surface area is 194 Å². The zero-order valence-electron chi connectivity index (χ0n) is 18.3. The van der Waals surface area contributed by atoms with E-state index in [1.54, 1.807) is 17.0 Å². The van der Waals surface area contributed by atoms with Crippen molar-refractivity contribution in [1.29, 1.82) is 5.26 Å². The lowest BCUT2D eigenvalue weighted by Gasteiger charge is -2.15. The first-order valence-corrected chi connectivity index (χ1v) is 10.4. The summed E-state index contributed by atoms with van der Waals surface area (Å²) in [5.41, 5.74) is 14.2. The maximum absolute atomic E-state index is 13.3. The van der Waals surface area contributed by atoms with E-state index >= 15 is 0 Å². The van der Waals surface area contributed by atoms with Crippen molar-refractivity contribution in [2.24, 2.45) is 0 Å². The number of hydrogen-bond acceptors (Lipinski definition) is 8. The maximum Gasteiger partial charge on any atom is 0.263 e. The Morgan fingerprint density at radius 1 is 1.09 bits per heavy atom. The number of nitrogen functional groups attached to an aromatic ring is 2. The van der Waals surface area contributed by atoms with Gasteiger partial charge in [-0.3, -0.25) is 9.36 Å². The molecule has 0 bridgehead atoms. The van der Waals surface area contributed by atoms with Gasteiger partial charge in [0.05, 0.1) is 17.8 Å². The van der Waals surface area contributed by atoms with Crippen LogP contribution in [0.3, 0.4) is 0 Å². The van der Waals surface area contributed by atoms with Crippen LogP contribution in [-0.4, -0.2) is 19.7 Å².